The fourth-order valence-electron chi connectivity index (χ4n) is 1.87. The van der Waals surface area contributed by atoms with Crippen LogP contribution in [0.2, 0.25) is 0 Å². The summed E-state index contributed by atoms with van der Waals surface area (Å²) in [6.45, 7) is 4.35. The third-order valence-electron chi connectivity index (χ3n) is 2.69. The molecule has 2 aromatic rings. The van der Waals surface area contributed by atoms with Crippen LogP contribution in [0.4, 0.5) is 0 Å². The summed E-state index contributed by atoms with van der Waals surface area (Å²) in [4.78, 5) is 11.3. The van der Waals surface area contributed by atoms with Gasteiger partial charge in [0.15, 0.2) is 5.76 Å². The first-order valence-electron chi connectivity index (χ1n) is 6.10. The minimum atomic E-state index is -0.238. The van der Waals surface area contributed by atoms with Gasteiger partial charge in [-0.15, -0.1) is 0 Å². The maximum atomic E-state index is 11.3. The van der Waals surface area contributed by atoms with E-state index in [1.807, 2.05) is 26.0 Å². The molecule has 1 aromatic carbocycles. The molecule has 1 heterocycles. The lowest BCUT2D eigenvalue weighted by Gasteiger charge is -2.06. The van der Waals surface area contributed by atoms with Crippen molar-refractivity contribution >= 4 is 5.91 Å². The first-order chi connectivity index (χ1) is 9.08. The predicted octanol–water partition coefficient (Wildman–Crippen LogP) is 2.84. The Bertz CT molecular complexity index is 567. The van der Waals surface area contributed by atoms with Gasteiger partial charge in [0.1, 0.15) is 18.1 Å². The number of hydrogen-bond donors (Lipinski definition) is 1. The SMILES string of the molecule is CNC(=O)c1ccc(COc2cc(C)cc(C)c2)o1. The van der Waals surface area contributed by atoms with Crippen molar-refractivity contribution in [2.75, 3.05) is 7.05 Å². The Hall–Kier alpha value is -2.23. The molecule has 100 valence electrons. The molecule has 19 heavy (non-hydrogen) atoms. The number of nitrogens with one attached hydrogen (secondary N) is 1. The van der Waals surface area contributed by atoms with Crippen LogP contribution in [0.25, 0.3) is 0 Å². The van der Waals surface area contributed by atoms with Gasteiger partial charge >= 0.3 is 0 Å². The Morgan fingerprint density at radius 2 is 1.89 bits per heavy atom. The lowest BCUT2D eigenvalue weighted by molar-refractivity contribution is 0.0931. The molecule has 0 spiro atoms. The molecule has 0 radical (unpaired) electrons. The first-order valence-corrected chi connectivity index (χ1v) is 6.10. The van der Waals surface area contributed by atoms with Crippen molar-refractivity contribution in [3.8, 4) is 5.75 Å². The molecule has 1 amide bonds. The molecule has 0 unspecified atom stereocenters. The van der Waals surface area contributed by atoms with Gasteiger partial charge in [0.2, 0.25) is 0 Å². The predicted molar refractivity (Wildman–Crippen MR) is 72.3 cm³/mol. The lowest BCUT2D eigenvalue weighted by atomic mass is 10.1. The topological polar surface area (TPSA) is 51.5 Å². The summed E-state index contributed by atoms with van der Waals surface area (Å²) >= 11 is 0. The summed E-state index contributed by atoms with van der Waals surface area (Å²) in [6.07, 6.45) is 0. The largest absolute Gasteiger partial charge is 0.486 e. The fraction of sp³-hybridized carbons (Fsp3) is 0.267. The van der Waals surface area contributed by atoms with Gasteiger partial charge in [-0.1, -0.05) is 6.07 Å². The number of aryl methyl sites for hydroxylation is 2. The molecule has 4 heteroatoms. The van der Waals surface area contributed by atoms with Gasteiger partial charge in [-0.2, -0.15) is 0 Å². The summed E-state index contributed by atoms with van der Waals surface area (Å²) in [5, 5.41) is 2.51. The molecule has 0 aliphatic carbocycles. The van der Waals surface area contributed by atoms with Crippen molar-refractivity contribution in [1.29, 1.82) is 0 Å². The van der Waals surface area contributed by atoms with Crippen molar-refractivity contribution in [1.82, 2.24) is 5.32 Å². The zero-order valence-corrected chi connectivity index (χ0v) is 11.3. The zero-order valence-electron chi connectivity index (χ0n) is 11.3. The molecule has 0 fully saturated rings. The molecule has 2 rings (SSSR count). The summed E-state index contributed by atoms with van der Waals surface area (Å²) < 4.78 is 11.0. The highest BCUT2D eigenvalue weighted by Crippen LogP contribution is 2.18. The Morgan fingerprint density at radius 1 is 1.21 bits per heavy atom. The molecule has 4 nitrogen and oxygen atoms in total. The summed E-state index contributed by atoms with van der Waals surface area (Å²) in [5.74, 6) is 1.48. The highest BCUT2D eigenvalue weighted by molar-refractivity contribution is 5.91. The number of ether oxygens (including phenoxy) is 1. The highest BCUT2D eigenvalue weighted by atomic mass is 16.5. The number of carbonyl (C=O) groups is 1. The Balaban J connectivity index is 2.02. The van der Waals surface area contributed by atoms with E-state index in [0.29, 0.717) is 18.1 Å². The minimum absolute atomic E-state index is 0.238. The van der Waals surface area contributed by atoms with Gasteiger partial charge in [-0.3, -0.25) is 4.79 Å². The quantitative estimate of drug-likeness (QED) is 0.918. The number of hydrogen-bond acceptors (Lipinski definition) is 3. The molecular weight excluding hydrogens is 242 g/mol. The number of benzene rings is 1. The monoisotopic (exact) mass is 259 g/mol. The van der Waals surface area contributed by atoms with E-state index in [1.54, 1.807) is 19.2 Å². The third kappa shape index (κ3) is 3.37. The summed E-state index contributed by atoms with van der Waals surface area (Å²) in [6, 6.07) is 9.40. The average Bonchev–Trinajstić information content (AvgIpc) is 2.83. The molecule has 0 aliphatic heterocycles. The Labute approximate surface area is 112 Å². The van der Waals surface area contributed by atoms with Crippen molar-refractivity contribution in [3.63, 3.8) is 0 Å². The maximum Gasteiger partial charge on any atom is 0.286 e. The second-order valence-corrected chi connectivity index (χ2v) is 4.46. The van der Waals surface area contributed by atoms with Crippen LogP contribution >= 0.6 is 0 Å². The maximum absolute atomic E-state index is 11.3. The van der Waals surface area contributed by atoms with E-state index in [0.717, 1.165) is 16.9 Å². The van der Waals surface area contributed by atoms with Crippen LogP contribution in [0.15, 0.2) is 34.7 Å². The Kier molecular flexibility index (Phi) is 3.90. The van der Waals surface area contributed by atoms with E-state index in [2.05, 4.69) is 11.4 Å². The molecule has 1 N–H and O–H groups in total. The summed E-state index contributed by atoms with van der Waals surface area (Å²) in [5.41, 5.74) is 2.31. The standard InChI is InChI=1S/C15H17NO3/c1-10-6-11(2)8-13(7-10)18-9-12-4-5-14(19-12)15(17)16-3/h4-8H,9H2,1-3H3,(H,16,17). The Morgan fingerprint density at radius 3 is 2.53 bits per heavy atom. The van der Waals surface area contributed by atoms with Gasteiger partial charge in [0, 0.05) is 7.05 Å². The van der Waals surface area contributed by atoms with Crippen LogP contribution in [0.3, 0.4) is 0 Å². The van der Waals surface area contributed by atoms with Crippen LogP contribution < -0.4 is 10.1 Å². The zero-order chi connectivity index (χ0) is 13.8. The van der Waals surface area contributed by atoms with Gasteiger partial charge in [-0.05, 0) is 49.2 Å². The molecule has 0 aliphatic rings. The van der Waals surface area contributed by atoms with E-state index < -0.39 is 0 Å². The van der Waals surface area contributed by atoms with E-state index in [4.69, 9.17) is 9.15 Å². The summed E-state index contributed by atoms with van der Waals surface area (Å²) in [7, 11) is 1.57. The normalized spacial score (nSPS) is 10.3. The fourth-order valence-corrected chi connectivity index (χ4v) is 1.87. The van der Waals surface area contributed by atoms with Gasteiger partial charge in [0.05, 0.1) is 0 Å². The van der Waals surface area contributed by atoms with Gasteiger partial charge in [0.25, 0.3) is 5.91 Å². The number of rotatable bonds is 4. The second-order valence-electron chi connectivity index (χ2n) is 4.46. The molecule has 0 bridgehead atoms. The highest BCUT2D eigenvalue weighted by Gasteiger charge is 2.09. The van der Waals surface area contributed by atoms with E-state index in [-0.39, 0.29) is 5.91 Å². The van der Waals surface area contributed by atoms with Crippen LogP contribution in [-0.4, -0.2) is 13.0 Å². The smallest absolute Gasteiger partial charge is 0.286 e. The van der Waals surface area contributed by atoms with Crippen LogP contribution in [-0.2, 0) is 6.61 Å². The number of carbonyl (C=O) groups excluding carboxylic acids is 1. The minimum Gasteiger partial charge on any atom is -0.486 e. The number of furan rings is 1. The first kappa shape index (κ1) is 13.2. The van der Waals surface area contributed by atoms with E-state index in [9.17, 15) is 4.79 Å². The molecular formula is C15H17NO3. The van der Waals surface area contributed by atoms with Gasteiger partial charge < -0.3 is 14.5 Å². The van der Waals surface area contributed by atoms with Crippen molar-refractivity contribution in [3.05, 3.63) is 53.0 Å². The molecule has 0 atom stereocenters. The van der Waals surface area contributed by atoms with Crippen LogP contribution in [0.5, 0.6) is 5.75 Å². The van der Waals surface area contributed by atoms with Crippen LogP contribution in [0.1, 0.15) is 27.4 Å². The van der Waals surface area contributed by atoms with Crippen LogP contribution in [0, 0.1) is 13.8 Å². The van der Waals surface area contributed by atoms with E-state index >= 15 is 0 Å². The van der Waals surface area contributed by atoms with E-state index in [1.165, 1.54) is 0 Å². The van der Waals surface area contributed by atoms with Crippen molar-refractivity contribution < 1.29 is 13.9 Å². The third-order valence-corrected chi connectivity index (χ3v) is 2.69. The molecule has 1 aromatic heterocycles. The van der Waals surface area contributed by atoms with Gasteiger partial charge in [-0.25, -0.2) is 0 Å². The lowest BCUT2D eigenvalue weighted by Crippen LogP contribution is -2.16. The molecule has 0 saturated carbocycles. The second kappa shape index (κ2) is 5.61. The number of amides is 1. The average molecular weight is 259 g/mol. The van der Waals surface area contributed by atoms with Crippen molar-refractivity contribution in [2.24, 2.45) is 0 Å². The molecule has 0 saturated heterocycles. The van der Waals surface area contributed by atoms with Crippen molar-refractivity contribution in [2.45, 2.75) is 20.5 Å².